The number of hydrogen-bond donors (Lipinski definition) is 0. The van der Waals surface area contributed by atoms with Gasteiger partial charge in [0.05, 0.1) is 0 Å². The Kier molecular flexibility index (Phi) is 3.58. The van der Waals surface area contributed by atoms with E-state index in [4.69, 9.17) is 0 Å². The third-order valence-electron chi connectivity index (χ3n) is 2.90. The van der Waals surface area contributed by atoms with Crippen molar-refractivity contribution in [1.29, 1.82) is 0 Å². The van der Waals surface area contributed by atoms with E-state index in [1.807, 2.05) is 0 Å². The van der Waals surface area contributed by atoms with Gasteiger partial charge in [-0.3, -0.25) is 0 Å². The zero-order chi connectivity index (χ0) is 8.97. The minimum absolute atomic E-state index is 0.796. The maximum atomic E-state index is 2.35. The maximum Gasteiger partial charge on any atom is -0.0228 e. The molecule has 0 nitrogen and oxygen atoms in total. The SMILES string of the molecule is CCC1=C(C(C)CC)CCC=C1. The van der Waals surface area contributed by atoms with Gasteiger partial charge in [-0.25, -0.2) is 0 Å². The molecule has 0 heteroatoms. The van der Waals surface area contributed by atoms with Crippen molar-refractivity contribution in [2.24, 2.45) is 5.92 Å². The summed E-state index contributed by atoms with van der Waals surface area (Å²) >= 11 is 0. The molecule has 0 saturated heterocycles. The van der Waals surface area contributed by atoms with Crippen LogP contribution in [0.4, 0.5) is 0 Å². The smallest absolute Gasteiger partial charge is 0.0228 e. The lowest BCUT2D eigenvalue weighted by Crippen LogP contribution is -2.03. The average molecular weight is 164 g/mol. The van der Waals surface area contributed by atoms with Crippen LogP contribution in [0.5, 0.6) is 0 Å². The van der Waals surface area contributed by atoms with Crippen LogP contribution in [0, 0.1) is 5.92 Å². The van der Waals surface area contributed by atoms with E-state index < -0.39 is 0 Å². The zero-order valence-corrected chi connectivity index (χ0v) is 8.56. The quantitative estimate of drug-likeness (QED) is 0.589. The monoisotopic (exact) mass is 164 g/mol. The Labute approximate surface area is 76.4 Å². The van der Waals surface area contributed by atoms with Gasteiger partial charge in [-0.2, -0.15) is 0 Å². The van der Waals surface area contributed by atoms with Gasteiger partial charge in [0.15, 0.2) is 0 Å². The maximum absolute atomic E-state index is 2.35. The summed E-state index contributed by atoms with van der Waals surface area (Å²) in [4.78, 5) is 0. The normalized spacial score (nSPS) is 19.9. The van der Waals surface area contributed by atoms with E-state index in [9.17, 15) is 0 Å². The second-order valence-electron chi connectivity index (χ2n) is 3.65. The summed E-state index contributed by atoms with van der Waals surface area (Å²) in [6, 6.07) is 0. The van der Waals surface area contributed by atoms with Crippen LogP contribution in [0.1, 0.15) is 46.5 Å². The van der Waals surface area contributed by atoms with Crippen molar-refractivity contribution in [3.8, 4) is 0 Å². The molecule has 68 valence electrons. The molecule has 1 aliphatic rings. The first-order chi connectivity index (χ1) is 5.79. The highest BCUT2D eigenvalue weighted by Gasteiger charge is 2.11. The van der Waals surface area contributed by atoms with Gasteiger partial charge >= 0.3 is 0 Å². The van der Waals surface area contributed by atoms with Crippen LogP contribution in [0.2, 0.25) is 0 Å². The molecule has 0 saturated carbocycles. The lowest BCUT2D eigenvalue weighted by molar-refractivity contribution is 0.611. The molecular weight excluding hydrogens is 144 g/mol. The second-order valence-corrected chi connectivity index (χ2v) is 3.65. The summed E-state index contributed by atoms with van der Waals surface area (Å²) in [6.45, 7) is 6.89. The lowest BCUT2D eigenvalue weighted by atomic mass is 9.86. The molecule has 1 aliphatic carbocycles. The molecule has 0 aliphatic heterocycles. The fourth-order valence-corrected chi connectivity index (χ4v) is 1.89. The van der Waals surface area contributed by atoms with Crippen molar-refractivity contribution in [3.05, 3.63) is 23.3 Å². The van der Waals surface area contributed by atoms with Crippen molar-refractivity contribution in [1.82, 2.24) is 0 Å². The zero-order valence-electron chi connectivity index (χ0n) is 8.56. The number of allylic oxidation sites excluding steroid dienone is 4. The molecule has 1 atom stereocenters. The van der Waals surface area contributed by atoms with E-state index in [0.717, 1.165) is 5.92 Å². The lowest BCUT2D eigenvalue weighted by Gasteiger charge is -2.20. The first-order valence-corrected chi connectivity index (χ1v) is 5.18. The molecule has 12 heavy (non-hydrogen) atoms. The predicted molar refractivity (Wildman–Crippen MR) is 55.1 cm³/mol. The van der Waals surface area contributed by atoms with Gasteiger partial charge in [0.2, 0.25) is 0 Å². The summed E-state index contributed by atoms with van der Waals surface area (Å²) in [7, 11) is 0. The summed E-state index contributed by atoms with van der Waals surface area (Å²) < 4.78 is 0. The van der Waals surface area contributed by atoms with Crippen molar-refractivity contribution in [2.45, 2.75) is 46.5 Å². The first-order valence-electron chi connectivity index (χ1n) is 5.18. The van der Waals surface area contributed by atoms with Crippen LogP contribution >= 0.6 is 0 Å². The van der Waals surface area contributed by atoms with Crippen LogP contribution in [-0.2, 0) is 0 Å². The van der Waals surface area contributed by atoms with Gasteiger partial charge in [-0.05, 0) is 37.2 Å². The van der Waals surface area contributed by atoms with Gasteiger partial charge in [0, 0.05) is 0 Å². The Morgan fingerprint density at radius 3 is 2.75 bits per heavy atom. The molecule has 1 rings (SSSR count). The van der Waals surface area contributed by atoms with Crippen molar-refractivity contribution in [3.63, 3.8) is 0 Å². The van der Waals surface area contributed by atoms with E-state index in [0.29, 0.717) is 0 Å². The minimum Gasteiger partial charge on any atom is -0.0839 e. The Morgan fingerprint density at radius 1 is 1.42 bits per heavy atom. The fraction of sp³-hybridized carbons (Fsp3) is 0.667. The van der Waals surface area contributed by atoms with E-state index in [2.05, 4.69) is 32.9 Å². The van der Waals surface area contributed by atoms with Crippen LogP contribution in [0.15, 0.2) is 23.3 Å². The van der Waals surface area contributed by atoms with Gasteiger partial charge < -0.3 is 0 Å². The highest BCUT2D eigenvalue weighted by atomic mass is 14.2. The third-order valence-corrected chi connectivity index (χ3v) is 2.90. The fourth-order valence-electron chi connectivity index (χ4n) is 1.89. The standard InChI is InChI=1S/C12H20/c1-4-10(3)12-9-7-6-8-11(12)5-2/h6,8,10H,4-5,7,9H2,1-3H3. The Hall–Kier alpha value is -0.520. The Balaban J connectivity index is 2.80. The topological polar surface area (TPSA) is 0 Å². The van der Waals surface area contributed by atoms with Crippen molar-refractivity contribution < 1.29 is 0 Å². The molecule has 0 amide bonds. The van der Waals surface area contributed by atoms with E-state index in [1.54, 1.807) is 11.1 Å². The first kappa shape index (κ1) is 9.57. The van der Waals surface area contributed by atoms with Crippen LogP contribution in [0.25, 0.3) is 0 Å². The van der Waals surface area contributed by atoms with E-state index >= 15 is 0 Å². The summed E-state index contributed by atoms with van der Waals surface area (Å²) in [5, 5.41) is 0. The van der Waals surface area contributed by atoms with Crippen LogP contribution < -0.4 is 0 Å². The van der Waals surface area contributed by atoms with Gasteiger partial charge in [0.25, 0.3) is 0 Å². The summed E-state index contributed by atoms with van der Waals surface area (Å²) in [5.41, 5.74) is 3.30. The Bertz CT molecular complexity index is 196. The molecule has 0 fully saturated rings. The average Bonchev–Trinajstić information content (AvgIpc) is 2.16. The molecule has 0 radical (unpaired) electrons. The number of hydrogen-bond acceptors (Lipinski definition) is 0. The molecule has 0 aromatic rings. The molecular formula is C12H20. The van der Waals surface area contributed by atoms with E-state index in [-0.39, 0.29) is 0 Å². The van der Waals surface area contributed by atoms with E-state index in [1.165, 1.54) is 25.7 Å². The van der Waals surface area contributed by atoms with Gasteiger partial charge in [-0.1, -0.05) is 38.5 Å². The Morgan fingerprint density at radius 2 is 2.17 bits per heavy atom. The highest BCUT2D eigenvalue weighted by molar-refractivity contribution is 5.30. The predicted octanol–water partition coefficient (Wildman–Crippen LogP) is 4.09. The number of rotatable bonds is 3. The van der Waals surface area contributed by atoms with Gasteiger partial charge in [-0.15, -0.1) is 0 Å². The molecule has 0 heterocycles. The molecule has 0 aromatic carbocycles. The summed E-state index contributed by atoms with van der Waals surface area (Å²) in [5.74, 6) is 0.796. The molecule has 0 N–H and O–H groups in total. The van der Waals surface area contributed by atoms with Gasteiger partial charge in [0.1, 0.15) is 0 Å². The molecule has 0 bridgehead atoms. The summed E-state index contributed by atoms with van der Waals surface area (Å²) in [6.07, 6.45) is 9.68. The van der Waals surface area contributed by atoms with Crippen LogP contribution in [0.3, 0.4) is 0 Å². The highest BCUT2D eigenvalue weighted by Crippen LogP contribution is 2.28. The largest absolute Gasteiger partial charge is 0.0839 e. The molecule has 1 unspecified atom stereocenters. The van der Waals surface area contributed by atoms with Crippen molar-refractivity contribution >= 4 is 0 Å². The molecule has 0 spiro atoms. The third kappa shape index (κ3) is 2.00. The van der Waals surface area contributed by atoms with Crippen LogP contribution in [-0.4, -0.2) is 0 Å². The minimum atomic E-state index is 0.796. The van der Waals surface area contributed by atoms with Crippen molar-refractivity contribution in [2.75, 3.05) is 0 Å². The molecule has 0 aromatic heterocycles. The second kappa shape index (κ2) is 4.49.